The summed E-state index contributed by atoms with van der Waals surface area (Å²) in [5.74, 6) is 6.34. The van der Waals surface area contributed by atoms with E-state index in [1.54, 1.807) is 0 Å². The summed E-state index contributed by atoms with van der Waals surface area (Å²) in [7, 11) is 0. The third kappa shape index (κ3) is 6.59. The van der Waals surface area contributed by atoms with Gasteiger partial charge in [-0.15, -0.1) is 0 Å². The van der Waals surface area contributed by atoms with Gasteiger partial charge in [-0.3, -0.25) is 0 Å². The summed E-state index contributed by atoms with van der Waals surface area (Å²) in [6, 6.07) is 0. The van der Waals surface area contributed by atoms with Gasteiger partial charge in [-0.05, 0) is 72.5 Å². The SMILES string of the molecule is CCCC(C)CC(C)C1(CCC(C)C)CC1CC(C)C(C)C(C)CC. The molecule has 1 aliphatic carbocycles. The van der Waals surface area contributed by atoms with Gasteiger partial charge in [-0.1, -0.05) is 88.0 Å². The lowest BCUT2D eigenvalue weighted by Gasteiger charge is -2.31. The van der Waals surface area contributed by atoms with E-state index in [-0.39, 0.29) is 0 Å². The fourth-order valence-corrected chi connectivity index (χ4v) is 5.48. The maximum absolute atomic E-state index is 2.59. The maximum atomic E-state index is 2.59. The molecule has 0 nitrogen and oxygen atoms in total. The summed E-state index contributed by atoms with van der Waals surface area (Å²) in [5.41, 5.74) is 0.690. The van der Waals surface area contributed by atoms with Crippen molar-refractivity contribution in [3.05, 3.63) is 0 Å². The third-order valence-corrected chi connectivity index (χ3v) is 8.08. The molecule has 1 saturated carbocycles. The zero-order valence-electron chi connectivity index (χ0n) is 19.2. The number of hydrogen-bond donors (Lipinski definition) is 0. The molecule has 0 saturated heterocycles. The van der Waals surface area contributed by atoms with Crippen LogP contribution in [0.25, 0.3) is 0 Å². The zero-order valence-corrected chi connectivity index (χ0v) is 19.2. The number of rotatable bonds is 13. The van der Waals surface area contributed by atoms with Crippen molar-refractivity contribution in [2.75, 3.05) is 0 Å². The molecule has 150 valence electrons. The van der Waals surface area contributed by atoms with Gasteiger partial charge in [0.15, 0.2) is 0 Å². The van der Waals surface area contributed by atoms with E-state index in [2.05, 4.69) is 62.3 Å². The second kappa shape index (κ2) is 10.4. The summed E-state index contributed by atoms with van der Waals surface area (Å²) >= 11 is 0. The lowest BCUT2D eigenvalue weighted by molar-refractivity contribution is 0.190. The van der Waals surface area contributed by atoms with Crippen LogP contribution in [0, 0.1) is 46.8 Å². The second-order valence-electron chi connectivity index (χ2n) is 10.6. The van der Waals surface area contributed by atoms with Gasteiger partial charge in [0, 0.05) is 0 Å². The molecule has 7 atom stereocenters. The monoisotopic (exact) mass is 350 g/mol. The fourth-order valence-electron chi connectivity index (χ4n) is 5.48. The van der Waals surface area contributed by atoms with Gasteiger partial charge in [0.1, 0.15) is 0 Å². The van der Waals surface area contributed by atoms with E-state index in [0.29, 0.717) is 5.41 Å². The van der Waals surface area contributed by atoms with E-state index < -0.39 is 0 Å². The molecule has 0 heterocycles. The Hall–Kier alpha value is 0. The Labute approximate surface area is 160 Å². The summed E-state index contributed by atoms with van der Waals surface area (Å²) in [4.78, 5) is 0. The lowest BCUT2D eigenvalue weighted by atomic mass is 9.74. The largest absolute Gasteiger partial charge is 0.0654 e. The predicted octanol–water partition coefficient (Wildman–Crippen LogP) is 8.60. The van der Waals surface area contributed by atoms with Crippen molar-refractivity contribution >= 4 is 0 Å². The minimum absolute atomic E-state index is 0.690. The molecule has 0 spiro atoms. The van der Waals surface area contributed by atoms with Crippen LogP contribution in [-0.2, 0) is 0 Å². The highest BCUT2D eigenvalue weighted by Crippen LogP contribution is 2.65. The first kappa shape index (κ1) is 23.0. The van der Waals surface area contributed by atoms with E-state index in [1.165, 1.54) is 51.4 Å². The summed E-state index contributed by atoms with van der Waals surface area (Å²) in [6.07, 6.45) is 11.5. The molecule has 0 aromatic rings. The normalized spacial score (nSPS) is 29.3. The molecule has 0 aromatic carbocycles. The Bertz CT molecular complexity index is 357. The average molecular weight is 351 g/mol. The van der Waals surface area contributed by atoms with Crippen LogP contribution in [0.3, 0.4) is 0 Å². The molecule has 1 aliphatic rings. The molecular weight excluding hydrogens is 300 g/mol. The molecular formula is C25H50. The van der Waals surface area contributed by atoms with Crippen LogP contribution in [0.1, 0.15) is 114 Å². The Balaban J connectivity index is 2.69. The van der Waals surface area contributed by atoms with Crippen molar-refractivity contribution in [1.29, 1.82) is 0 Å². The molecule has 0 N–H and O–H groups in total. The van der Waals surface area contributed by atoms with Crippen LogP contribution in [0.5, 0.6) is 0 Å². The first-order chi connectivity index (χ1) is 11.7. The highest BCUT2D eigenvalue weighted by atomic mass is 14.6. The van der Waals surface area contributed by atoms with Gasteiger partial charge in [-0.25, -0.2) is 0 Å². The van der Waals surface area contributed by atoms with Crippen molar-refractivity contribution in [3.63, 3.8) is 0 Å². The van der Waals surface area contributed by atoms with E-state index in [9.17, 15) is 0 Å². The Kier molecular flexibility index (Phi) is 9.55. The van der Waals surface area contributed by atoms with Crippen LogP contribution >= 0.6 is 0 Å². The highest BCUT2D eigenvalue weighted by molar-refractivity contribution is 5.05. The Morgan fingerprint density at radius 1 is 0.880 bits per heavy atom. The van der Waals surface area contributed by atoms with Crippen molar-refractivity contribution in [2.24, 2.45) is 46.8 Å². The minimum Gasteiger partial charge on any atom is -0.0654 e. The topological polar surface area (TPSA) is 0 Å². The standard InChI is InChI=1S/C25H50/c1-10-12-19(5)15-22(8)25(14-13-18(3)4)17-24(25)16-21(7)23(9)20(6)11-2/h18-24H,10-17H2,1-9H3. The van der Waals surface area contributed by atoms with Gasteiger partial charge >= 0.3 is 0 Å². The van der Waals surface area contributed by atoms with Crippen molar-refractivity contribution in [2.45, 2.75) is 114 Å². The van der Waals surface area contributed by atoms with Crippen LogP contribution in [0.4, 0.5) is 0 Å². The molecule has 1 rings (SSSR count). The van der Waals surface area contributed by atoms with Crippen LogP contribution in [0.15, 0.2) is 0 Å². The van der Waals surface area contributed by atoms with Gasteiger partial charge < -0.3 is 0 Å². The van der Waals surface area contributed by atoms with Crippen LogP contribution in [-0.4, -0.2) is 0 Å². The van der Waals surface area contributed by atoms with Gasteiger partial charge in [-0.2, -0.15) is 0 Å². The summed E-state index contributed by atoms with van der Waals surface area (Å²) in [5, 5.41) is 0. The van der Waals surface area contributed by atoms with Crippen molar-refractivity contribution in [3.8, 4) is 0 Å². The first-order valence-corrected chi connectivity index (χ1v) is 11.7. The van der Waals surface area contributed by atoms with Crippen LogP contribution in [0.2, 0.25) is 0 Å². The van der Waals surface area contributed by atoms with E-state index in [4.69, 9.17) is 0 Å². The zero-order chi connectivity index (χ0) is 19.2. The van der Waals surface area contributed by atoms with E-state index in [1.807, 2.05) is 0 Å². The van der Waals surface area contributed by atoms with E-state index in [0.717, 1.165) is 41.4 Å². The van der Waals surface area contributed by atoms with Gasteiger partial charge in [0.2, 0.25) is 0 Å². The Morgan fingerprint density at radius 3 is 2.04 bits per heavy atom. The highest BCUT2D eigenvalue weighted by Gasteiger charge is 2.56. The molecule has 0 aromatic heterocycles. The van der Waals surface area contributed by atoms with Crippen molar-refractivity contribution < 1.29 is 0 Å². The van der Waals surface area contributed by atoms with Crippen LogP contribution < -0.4 is 0 Å². The van der Waals surface area contributed by atoms with Gasteiger partial charge in [0.25, 0.3) is 0 Å². The van der Waals surface area contributed by atoms with Crippen molar-refractivity contribution in [1.82, 2.24) is 0 Å². The molecule has 0 heteroatoms. The molecule has 0 amide bonds. The first-order valence-electron chi connectivity index (χ1n) is 11.7. The summed E-state index contributed by atoms with van der Waals surface area (Å²) < 4.78 is 0. The molecule has 0 aliphatic heterocycles. The molecule has 0 bridgehead atoms. The van der Waals surface area contributed by atoms with E-state index >= 15 is 0 Å². The molecule has 1 fully saturated rings. The quantitative estimate of drug-likeness (QED) is 0.312. The predicted molar refractivity (Wildman–Crippen MR) is 115 cm³/mol. The fraction of sp³-hybridized carbons (Fsp3) is 1.00. The molecule has 7 unspecified atom stereocenters. The minimum atomic E-state index is 0.690. The maximum Gasteiger partial charge on any atom is -0.0240 e. The molecule has 25 heavy (non-hydrogen) atoms. The smallest absolute Gasteiger partial charge is 0.0240 e. The number of hydrogen-bond acceptors (Lipinski definition) is 0. The van der Waals surface area contributed by atoms with Gasteiger partial charge in [0.05, 0.1) is 0 Å². The lowest BCUT2D eigenvalue weighted by Crippen LogP contribution is -2.22. The summed E-state index contributed by atoms with van der Waals surface area (Å²) in [6.45, 7) is 22.1. The second-order valence-corrected chi connectivity index (χ2v) is 10.6. The molecule has 0 radical (unpaired) electrons. The average Bonchev–Trinajstić information content (AvgIpc) is 3.25. The third-order valence-electron chi connectivity index (χ3n) is 8.08. The Morgan fingerprint density at radius 2 is 1.52 bits per heavy atom.